The molecule has 21 heavy (non-hydrogen) atoms. The van der Waals surface area contributed by atoms with Crippen LogP contribution in [0, 0.1) is 17.7 Å². The predicted molar refractivity (Wildman–Crippen MR) is 81.7 cm³/mol. The first kappa shape index (κ1) is 16.2. The number of sulfonamides is 1. The van der Waals surface area contributed by atoms with Gasteiger partial charge in [-0.2, -0.15) is 0 Å². The fourth-order valence-electron chi connectivity index (χ4n) is 3.11. The van der Waals surface area contributed by atoms with Gasteiger partial charge < -0.3 is 5.73 Å². The topological polar surface area (TPSA) is 72.2 Å². The van der Waals surface area contributed by atoms with E-state index in [-0.39, 0.29) is 16.6 Å². The molecule has 2 atom stereocenters. The van der Waals surface area contributed by atoms with E-state index in [2.05, 4.69) is 18.6 Å². The summed E-state index contributed by atoms with van der Waals surface area (Å²) in [6, 6.07) is 3.31. The summed E-state index contributed by atoms with van der Waals surface area (Å²) in [5.74, 6) is 0.0921. The second-order valence-corrected chi connectivity index (χ2v) is 7.85. The van der Waals surface area contributed by atoms with Crippen molar-refractivity contribution in [3.63, 3.8) is 0 Å². The van der Waals surface area contributed by atoms with Crippen molar-refractivity contribution >= 4 is 15.7 Å². The Morgan fingerprint density at radius 3 is 2.52 bits per heavy atom. The van der Waals surface area contributed by atoms with Crippen LogP contribution in [0.4, 0.5) is 10.1 Å². The predicted octanol–water partition coefficient (Wildman–Crippen LogP) is 2.90. The Morgan fingerprint density at radius 2 is 1.90 bits per heavy atom. The standard InChI is InChI=1S/C15H23FN2O2S/c1-10(2)14-5-3-4-6-15(14)18-21(19,20)13-8-11(16)7-12(17)9-13/h7-10,14-15,18H,3-6,17H2,1-2H3. The summed E-state index contributed by atoms with van der Waals surface area (Å²) >= 11 is 0. The number of anilines is 1. The largest absolute Gasteiger partial charge is 0.399 e. The molecule has 1 aliphatic rings. The minimum Gasteiger partial charge on any atom is -0.399 e. The normalized spacial score (nSPS) is 23.4. The van der Waals surface area contributed by atoms with Gasteiger partial charge in [-0.15, -0.1) is 0 Å². The first-order valence-electron chi connectivity index (χ1n) is 7.38. The molecule has 1 saturated carbocycles. The first-order valence-corrected chi connectivity index (χ1v) is 8.86. The summed E-state index contributed by atoms with van der Waals surface area (Å²) in [6.07, 6.45) is 4.00. The highest BCUT2D eigenvalue weighted by molar-refractivity contribution is 7.89. The third kappa shape index (κ3) is 3.95. The molecule has 2 rings (SSSR count). The quantitative estimate of drug-likeness (QED) is 0.839. The summed E-state index contributed by atoms with van der Waals surface area (Å²) in [5, 5.41) is 0. The van der Waals surface area contributed by atoms with Crippen LogP contribution in [0.25, 0.3) is 0 Å². The molecule has 0 aromatic heterocycles. The van der Waals surface area contributed by atoms with Gasteiger partial charge in [-0.05, 0) is 42.9 Å². The van der Waals surface area contributed by atoms with Crippen LogP contribution in [-0.2, 0) is 10.0 Å². The number of rotatable bonds is 4. The smallest absolute Gasteiger partial charge is 0.241 e. The molecule has 0 saturated heterocycles. The zero-order valence-corrected chi connectivity index (χ0v) is 13.3. The average molecular weight is 314 g/mol. The van der Waals surface area contributed by atoms with Crippen LogP contribution in [0.3, 0.4) is 0 Å². The van der Waals surface area contributed by atoms with Gasteiger partial charge in [0.15, 0.2) is 0 Å². The minimum atomic E-state index is -3.74. The summed E-state index contributed by atoms with van der Waals surface area (Å²) < 4.78 is 41.0. The fraction of sp³-hybridized carbons (Fsp3) is 0.600. The lowest BCUT2D eigenvalue weighted by atomic mass is 9.78. The third-order valence-electron chi connectivity index (χ3n) is 4.19. The number of nitrogens with two attached hydrogens (primary N) is 1. The maximum absolute atomic E-state index is 13.4. The van der Waals surface area contributed by atoms with E-state index < -0.39 is 15.8 Å². The summed E-state index contributed by atoms with van der Waals surface area (Å²) in [4.78, 5) is -0.104. The van der Waals surface area contributed by atoms with Crippen molar-refractivity contribution in [3.8, 4) is 0 Å². The molecule has 0 spiro atoms. The summed E-state index contributed by atoms with van der Waals surface area (Å²) in [7, 11) is -3.74. The highest BCUT2D eigenvalue weighted by atomic mass is 32.2. The van der Waals surface area contributed by atoms with E-state index in [4.69, 9.17) is 5.73 Å². The number of hydrogen-bond acceptors (Lipinski definition) is 3. The van der Waals surface area contributed by atoms with Gasteiger partial charge in [-0.1, -0.05) is 26.7 Å². The van der Waals surface area contributed by atoms with Crippen molar-refractivity contribution in [3.05, 3.63) is 24.0 Å². The Bertz CT molecular complexity index is 581. The third-order valence-corrected chi connectivity index (χ3v) is 5.66. The van der Waals surface area contributed by atoms with Gasteiger partial charge in [0.1, 0.15) is 5.82 Å². The van der Waals surface area contributed by atoms with Crippen LogP contribution in [0.15, 0.2) is 23.1 Å². The van der Waals surface area contributed by atoms with E-state index in [0.29, 0.717) is 11.8 Å². The lowest BCUT2D eigenvalue weighted by Crippen LogP contribution is -2.43. The van der Waals surface area contributed by atoms with Crippen molar-refractivity contribution in [1.82, 2.24) is 4.72 Å². The van der Waals surface area contributed by atoms with Crippen molar-refractivity contribution in [2.75, 3.05) is 5.73 Å². The molecule has 4 nitrogen and oxygen atoms in total. The molecular weight excluding hydrogens is 291 g/mol. The van der Waals surface area contributed by atoms with Crippen molar-refractivity contribution < 1.29 is 12.8 Å². The highest BCUT2D eigenvalue weighted by Gasteiger charge is 2.31. The van der Waals surface area contributed by atoms with Crippen LogP contribution in [-0.4, -0.2) is 14.5 Å². The van der Waals surface area contributed by atoms with Gasteiger partial charge in [0.05, 0.1) is 4.90 Å². The maximum atomic E-state index is 13.4. The van der Waals surface area contributed by atoms with Crippen LogP contribution >= 0.6 is 0 Å². The molecule has 3 N–H and O–H groups in total. The molecule has 1 fully saturated rings. The Kier molecular flexibility index (Phi) is 4.88. The van der Waals surface area contributed by atoms with Crippen molar-refractivity contribution in [2.24, 2.45) is 11.8 Å². The summed E-state index contributed by atoms with van der Waals surface area (Å²) in [6.45, 7) is 4.22. The van der Waals surface area contributed by atoms with E-state index in [1.807, 2.05) is 0 Å². The zero-order chi connectivity index (χ0) is 15.6. The second kappa shape index (κ2) is 6.32. The highest BCUT2D eigenvalue weighted by Crippen LogP contribution is 2.31. The number of nitrogens with one attached hydrogen (secondary N) is 1. The van der Waals surface area contributed by atoms with Gasteiger partial charge in [-0.3, -0.25) is 0 Å². The molecule has 0 aliphatic heterocycles. The van der Waals surface area contributed by atoms with Crippen LogP contribution in [0.5, 0.6) is 0 Å². The Morgan fingerprint density at radius 1 is 1.24 bits per heavy atom. The minimum absolute atomic E-state index is 0.0896. The number of halogens is 1. The first-order chi connectivity index (χ1) is 9.79. The van der Waals surface area contributed by atoms with E-state index >= 15 is 0 Å². The SMILES string of the molecule is CC(C)C1CCCCC1NS(=O)(=O)c1cc(N)cc(F)c1. The van der Waals surface area contributed by atoms with Gasteiger partial charge in [0, 0.05) is 11.7 Å². The van der Waals surface area contributed by atoms with E-state index in [1.165, 1.54) is 6.07 Å². The van der Waals surface area contributed by atoms with E-state index in [9.17, 15) is 12.8 Å². The fourth-order valence-corrected chi connectivity index (χ4v) is 4.50. The maximum Gasteiger partial charge on any atom is 0.241 e. The zero-order valence-electron chi connectivity index (χ0n) is 12.5. The molecule has 1 aliphatic carbocycles. The number of hydrogen-bond donors (Lipinski definition) is 2. The number of nitrogen functional groups attached to an aromatic ring is 1. The Labute approximate surface area is 126 Å². The molecule has 2 unspecified atom stereocenters. The molecule has 0 heterocycles. The molecule has 1 aromatic rings. The molecule has 6 heteroatoms. The van der Waals surface area contributed by atoms with Crippen molar-refractivity contribution in [2.45, 2.75) is 50.5 Å². The molecular formula is C15H23FN2O2S. The van der Waals surface area contributed by atoms with Crippen molar-refractivity contribution in [1.29, 1.82) is 0 Å². The Balaban J connectivity index is 2.23. The summed E-state index contributed by atoms with van der Waals surface area (Å²) in [5.41, 5.74) is 5.64. The Hall–Kier alpha value is -1.14. The van der Waals surface area contributed by atoms with Gasteiger partial charge in [-0.25, -0.2) is 17.5 Å². The lowest BCUT2D eigenvalue weighted by molar-refractivity contribution is 0.226. The lowest BCUT2D eigenvalue weighted by Gasteiger charge is -2.34. The van der Waals surface area contributed by atoms with Gasteiger partial charge in [0.25, 0.3) is 0 Å². The second-order valence-electron chi connectivity index (χ2n) is 6.14. The average Bonchev–Trinajstić information content (AvgIpc) is 2.37. The van der Waals surface area contributed by atoms with Gasteiger partial charge >= 0.3 is 0 Å². The molecule has 0 bridgehead atoms. The molecule has 0 amide bonds. The van der Waals surface area contributed by atoms with E-state index in [0.717, 1.165) is 37.8 Å². The number of benzene rings is 1. The van der Waals surface area contributed by atoms with Crippen LogP contribution in [0.1, 0.15) is 39.5 Å². The molecule has 118 valence electrons. The van der Waals surface area contributed by atoms with Crippen LogP contribution in [0.2, 0.25) is 0 Å². The monoisotopic (exact) mass is 314 g/mol. The van der Waals surface area contributed by atoms with E-state index in [1.54, 1.807) is 0 Å². The molecule has 0 radical (unpaired) electrons. The molecule has 1 aromatic carbocycles. The van der Waals surface area contributed by atoms with Gasteiger partial charge in [0.2, 0.25) is 10.0 Å². The van der Waals surface area contributed by atoms with Crippen LogP contribution < -0.4 is 10.5 Å².